The first-order valence-corrected chi connectivity index (χ1v) is 9.52. The summed E-state index contributed by atoms with van der Waals surface area (Å²) in [5.74, 6) is 1.65. The van der Waals surface area contributed by atoms with Crippen LogP contribution in [0.2, 0.25) is 0 Å². The maximum absolute atomic E-state index is 3.86. The molecule has 0 aromatic rings. The second kappa shape index (κ2) is 9.84. The molecule has 0 radical (unpaired) electrons. The lowest BCUT2D eigenvalue weighted by Gasteiger charge is -2.46. The van der Waals surface area contributed by atoms with E-state index in [0.717, 1.165) is 23.9 Å². The Balaban J connectivity index is 2.86. The van der Waals surface area contributed by atoms with Crippen LogP contribution < -0.4 is 5.32 Å². The van der Waals surface area contributed by atoms with Crippen LogP contribution in [0.3, 0.4) is 0 Å². The molecule has 0 saturated heterocycles. The summed E-state index contributed by atoms with van der Waals surface area (Å²) in [4.78, 5) is 2.87. The fourth-order valence-electron chi connectivity index (χ4n) is 4.02. The van der Waals surface area contributed by atoms with Crippen molar-refractivity contribution >= 4 is 0 Å². The highest BCUT2D eigenvalue weighted by Crippen LogP contribution is 2.30. The molecule has 21 heavy (non-hydrogen) atoms. The van der Waals surface area contributed by atoms with Gasteiger partial charge in [0.15, 0.2) is 0 Å². The molecule has 0 amide bonds. The van der Waals surface area contributed by atoms with Gasteiger partial charge in [0.2, 0.25) is 0 Å². The van der Waals surface area contributed by atoms with Crippen LogP contribution in [0.1, 0.15) is 80.1 Å². The van der Waals surface area contributed by atoms with Gasteiger partial charge in [-0.05, 0) is 56.9 Å². The molecule has 2 nitrogen and oxygen atoms in total. The predicted octanol–water partition coefficient (Wildman–Crippen LogP) is 4.69. The van der Waals surface area contributed by atoms with Crippen molar-refractivity contribution < 1.29 is 0 Å². The number of nitrogens with zero attached hydrogens (tertiary/aromatic N) is 1. The van der Waals surface area contributed by atoms with Gasteiger partial charge in [0.1, 0.15) is 0 Å². The Bertz CT molecular complexity index is 258. The van der Waals surface area contributed by atoms with Crippen LogP contribution in [-0.2, 0) is 0 Å². The Kier molecular flexibility index (Phi) is 8.89. The van der Waals surface area contributed by atoms with Gasteiger partial charge in [-0.25, -0.2) is 0 Å². The molecular weight excluding hydrogens is 256 g/mol. The second-order valence-electron chi connectivity index (χ2n) is 7.61. The molecule has 1 aliphatic carbocycles. The molecule has 0 aliphatic heterocycles. The summed E-state index contributed by atoms with van der Waals surface area (Å²) < 4.78 is 0. The molecule has 1 rings (SSSR count). The first-order valence-electron chi connectivity index (χ1n) is 9.52. The van der Waals surface area contributed by atoms with E-state index in [-0.39, 0.29) is 0 Å². The van der Waals surface area contributed by atoms with Gasteiger partial charge in [-0.1, -0.05) is 41.5 Å². The predicted molar refractivity (Wildman–Crippen MR) is 94.8 cm³/mol. The zero-order chi connectivity index (χ0) is 15.8. The molecule has 0 bridgehead atoms. The van der Waals surface area contributed by atoms with Crippen molar-refractivity contribution in [3.8, 4) is 0 Å². The van der Waals surface area contributed by atoms with E-state index in [4.69, 9.17) is 0 Å². The zero-order valence-electron chi connectivity index (χ0n) is 15.5. The third-order valence-corrected chi connectivity index (χ3v) is 5.15. The largest absolute Gasteiger partial charge is 0.312 e. The Morgan fingerprint density at radius 3 is 2.29 bits per heavy atom. The van der Waals surface area contributed by atoms with Gasteiger partial charge in [0.05, 0.1) is 0 Å². The monoisotopic (exact) mass is 296 g/mol. The van der Waals surface area contributed by atoms with E-state index in [1.807, 2.05) is 0 Å². The minimum Gasteiger partial charge on any atom is -0.312 e. The Hall–Kier alpha value is -0.0800. The normalized spacial score (nSPS) is 27.0. The fourth-order valence-corrected chi connectivity index (χ4v) is 4.02. The topological polar surface area (TPSA) is 15.3 Å². The van der Waals surface area contributed by atoms with Crippen molar-refractivity contribution in [3.05, 3.63) is 0 Å². The van der Waals surface area contributed by atoms with Gasteiger partial charge < -0.3 is 5.32 Å². The summed E-state index contributed by atoms with van der Waals surface area (Å²) in [6, 6.07) is 2.21. The highest BCUT2D eigenvalue weighted by molar-refractivity contribution is 4.92. The minimum absolute atomic E-state index is 0.709. The van der Waals surface area contributed by atoms with Gasteiger partial charge in [0, 0.05) is 24.7 Å². The average molecular weight is 297 g/mol. The summed E-state index contributed by atoms with van der Waals surface area (Å²) in [5.41, 5.74) is 0. The molecule has 3 unspecified atom stereocenters. The van der Waals surface area contributed by atoms with Gasteiger partial charge in [-0.15, -0.1) is 0 Å². The lowest BCUT2D eigenvalue weighted by molar-refractivity contribution is 0.0487. The highest BCUT2D eigenvalue weighted by atomic mass is 15.2. The standard InChI is InChI=1S/C19H40N2/c1-7-12-20-18-11-10-16(6)13-19(18)21(14-15(4)5)17(8-2)9-3/h15-20H,7-14H2,1-6H3. The van der Waals surface area contributed by atoms with E-state index in [1.165, 1.54) is 51.6 Å². The quantitative estimate of drug-likeness (QED) is 0.664. The van der Waals surface area contributed by atoms with Gasteiger partial charge in [-0.2, -0.15) is 0 Å². The van der Waals surface area contributed by atoms with Crippen LogP contribution in [0, 0.1) is 11.8 Å². The van der Waals surface area contributed by atoms with Crippen molar-refractivity contribution in [2.24, 2.45) is 11.8 Å². The Morgan fingerprint density at radius 1 is 1.10 bits per heavy atom. The Labute approximate surface area is 134 Å². The van der Waals surface area contributed by atoms with Gasteiger partial charge >= 0.3 is 0 Å². The number of nitrogens with one attached hydrogen (secondary N) is 1. The smallest absolute Gasteiger partial charge is 0.0254 e. The molecule has 2 heteroatoms. The summed E-state index contributed by atoms with van der Waals surface area (Å²) in [5, 5.41) is 3.86. The zero-order valence-corrected chi connectivity index (χ0v) is 15.5. The van der Waals surface area contributed by atoms with Crippen LogP contribution in [-0.4, -0.2) is 36.1 Å². The first-order chi connectivity index (χ1) is 10.0. The van der Waals surface area contributed by atoms with Crippen LogP contribution in [0.5, 0.6) is 0 Å². The van der Waals surface area contributed by atoms with Crippen molar-refractivity contribution in [1.82, 2.24) is 10.2 Å². The molecule has 1 saturated carbocycles. The maximum atomic E-state index is 3.86. The Morgan fingerprint density at radius 2 is 1.76 bits per heavy atom. The third kappa shape index (κ3) is 5.90. The summed E-state index contributed by atoms with van der Waals surface area (Å²) in [7, 11) is 0. The molecule has 0 aromatic heterocycles. The summed E-state index contributed by atoms with van der Waals surface area (Å²) in [6.07, 6.45) is 7.96. The molecule has 0 heterocycles. The van der Waals surface area contributed by atoms with Gasteiger partial charge in [-0.3, -0.25) is 4.90 Å². The molecular formula is C19H40N2. The lowest BCUT2D eigenvalue weighted by atomic mass is 9.81. The number of hydrogen-bond acceptors (Lipinski definition) is 2. The molecule has 0 spiro atoms. The molecule has 126 valence electrons. The van der Waals surface area contributed by atoms with E-state index >= 15 is 0 Å². The van der Waals surface area contributed by atoms with Gasteiger partial charge in [0.25, 0.3) is 0 Å². The van der Waals surface area contributed by atoms with Crippen LogP contribution in [0.25, 0.3) is 0 Å². The van der Waals surface area contributed by atoms with Crippen molar-refractivity contribution in [2.75, 3.05) is 13.1 Å². The van der Waals surface area contributed by atoms with Crippen molar-refractivity contribution in [1.29, 1.82) is 0 Å². The van der Waals surface area contributed by atoms with Crippen molar-refractivity contribution in [3.63, 3.8) is 0 Å². The van der Waals surface area contributed by atoms with Crippen LogP contribution in [0.15, 0.2) is 0 Å². The maximum Gasteiger partial charge on any atom is 0.0254 e. The minimum atomic E-state index is 0.709. The SMILES string of the molecule is CCCNC1CCC(C)CC1N(CC(C)C)C(CC)CC. The summed E-state index contributed by atoms with van der Waals surface area (Å²) in [6.45, 7) is 16.6. The molecule has 0 aromatic carbocycles. The van der Waals surface area contributed by atoms with Crippen LogP contribution in [0.4, 0.5) is 0 Å². The second-order valence-corrected chi connectivity index (χ2v) is 7.61. The molecule has 1 fully saturated rings. The van der Waals surface area contributed by atoms with E-state index in [0.29, 0.717) is 6.04 Å². The van der Waals surface area contributed by atoms with E-state index in [2.05, 4.69) is 51.8 Å². The van der Waals surface area contributed by atoms with E-state index in [1.54, 1.807) is 0 Å². The highest BCUT2D eigenvalue weighted by Gasteiger charge is 2.35. The average Bonchev–Trinajstić information content (AvgIpc) is 2.45. The summed E-state index contributed by atoms with van der Waals surface area (Å²) >= 11 is 0. The lowest BCUT2D eigenvalue weighted by Crippen LogP contribution is -2.56. The van der Waals surface area contributed by atoms with E-state index in [9.17, 15) is 0 Å². The number of hydrogen-bond donors (Lipinski definition) is 1. The first kappa shape index (κ1) is 19.0. The fraction of sp³-hybridized carbons (Fsp3) is 1.00. The van der Waals surface area contributed by atoms with Crippen molar-refractivity contribution in [2.45, 2.75) is 98.2 Å². The number of rotatable bonds is 9. The molecule has 3 atom stereocenters. The molecule has 1 N–H and O–H groups in total. The third-order valence-electron chi connectivity index (χ3n) is 5.15. The molecule has 1 aliphatic rings. The van der Waals surface area contributed by atoms with E-state index < -0.39 is 0 Å². The van der Waals surface area contributed by atoms with Crippen LogP contribution >= 0.6 is 0 Å².